The van der Waals surface area contributed by atoms with Crippen molar-refractivity contribution in [1.82, 2.24) is 15.7 Å². The van der Waals surface area contributed by atoms with Crippen molar-refractivity contribution in [2.24, 2.45) is 5.41 Å². The molecule has 0 saturated carbocycles. The first-order valence-electron chi connectivity index (χ1n) is 9.18. The van der Waals surface area contributed by atoms with Gasteiger partial charge in [-0.05, 0) is 29.7 Å². The van der Waals surface area contributed by atoms with Crippen LogP contribution in [0.4, 0.5) is 0 Å². The van der Waals surface area contributed by atoms with Gasteiger partial charge in [0.15, 0.2) is 0 Å². The fourth-order valence-electron chi connectivity index (χ4n) is 2.40. The van der Waals surface area contributed by atoms with Crippen LogP contribution >= 0.6 is 0 Å². The van der Waals surface area contributed by atoms with Gasteiger partial charge in [0.2, 0.25) is 11.8 Å². The summed E-state index contributed by atoms with van der Waals surface area (Å²) >= 11 is 0. The second-order valence-corrected chi connectivity index (χ2v) is 7.59. The van der Waals surface area contributed by atoms with Gasteiger partial charge in [0.25, 0.3) is 5.91 Å². The van der Waals surface area contributed by atoms with Gasteiger partial charge in [-0.3, -0.25) is 19.6 Å². The molecule has 9 heteroatoms. The zero-order chi connectivity index (χ0) is 22.9. The third-order valence-corrected chi connectivity index (χ3v) is 4.07. The quantitative estimate of drug-likeness (QED) is 0.297. The number of aliphatic hydroxyl groups excluding tert-OH is 1. The van der Waals surface area contributed by atoms with E-state index in [1.807, 2.05) is 6.07 Å². The molecule has 0 bridgehead atoms. The lowest BCUT2D eigenvalue weighted by atomic mass is 9.86. The highest BCUT2D eigenvalue weighted by Crippen LogP contribution is 2.19. The molecule has 9 nitrogen and oxygen atoms in total. The number of carbonyl (C=O) groups excluding carboxylic acids is 3. The number of likely N-dealkylation sites (N-methyl/N-ethyl adjacent to an activating group) is 1. The molecule has 1 aromatic rings. The SMILES string of the molecule is CNC(=O)[C@@H](NC(=O)C[C@H](O)C(=O)N(O)CC#Cc1ccc(C#N)cc1)C(C)(C)C. The van der Waals surface area contributed by atoms with Gasteiger partial charge in [-0.2, -0.15) is 5.26 Å². The average Bonchev–Trinajstić information content (AvgIpc) is 2.70. The lowest BCUT2D eigenvalue weighted by Crippen LogP contribution is -2.53. The molecule has 0 aliphatic rings. The van der Waals surface area contributed by atoms with E-state index in [0.717, 1.165) is 0 Å². The van der Waals surface area contributed by atoms with Crippen molar-refractivity contribution in [2.45, 2.75) is 39.3 Å². The second-order valence-electron chi connectivity index (χ2n) is 7.59. The van der Waals surface area contributed by atoms with Crippen LogP contribution in [0, 0.1) is 28.6 Å². The summed E-state index contributed by atoms with van der Waals surface area (Å²) in [4.78, 5) is 36.2. The molecule has 0 spiro atoms. The number of hydrogen-bond donors (Lipinski definition) is 4. The molecule has 30 heavy (non-hydrogen) atoms. The number of nitrogens with one attached hydrogen (secondary N) is 2. The number of nitriles is 1. The van der Waals surface area contributed by atoms with E-state index >= 15 is 0 Å². The summed E-state index contributed by atoms with van der Waals surface area (Å²) in [6.07, 6.45) is -2.42. The zero-order valence-electron chi connectivity index (χ0n) is 17.4. The minimum atomic E-state index is -1.79. The first kappa shape index (κ1) is 24.6. The highest BCUT2D eigenvalue weighted by Gasteiger charge is 2.33. The Morgan fingerprint density at radius 2 is 1.73 bits per heavy atom. The second kappa shape index (κ2) is 11.0. The fraction of sp³-hybridized carbons (Fsp3) is 0.429. The smallest absolute Gasteiger partial charge is 0.276 e. The topological polar surface area (TPSA) is 143 Å². The number of nitrogens with zero attached hydrogens (tertiary/aromatic N) is 2. The third kappa shape index (κ3) is 7.55. The fourth-order valence-corrected chi connectivity index (χ4v) is 2.40. The number of aliphatic hydroxyl groups is 1. The van der Waals surface area contributed by atoms with E-state index in [2.05, 4.69) is 22.5 Å². The van der Waals surface area contributed by atoms with Gasteiger partial charge in [0.1, 0.15) is 18.7 Å². The summed E-state index contributed by atoms with van der Waals surface area (Å²) < 4.78 is 0. The first-order chi connectivity index (χ1) is 14.0. The molecular formula is C21H26N4O5. The number of rotatable bonds is 6. The predicted molar refractivity (Wildman–Crippen MR) is 108 cm³/mol. The van der Waals surface area contributed by atoms with Crippen LogP contribution in [0.1, 0.15) is 38.3 Å². The van der Waals surface area contributed by atoms with Gasteiger partial charge in [-0.15, -0.1) is 0 Å². The molecule has 1 rings (SSSR count). The van der Waals surface area contributed by atoms with Crippen molar-refractivity contribution in [3.63, 3.8) is 0 Å². The summed E-state index contributed by atoms with van der Waals surface area (Å²) in [6, 6.07) is 7.51. The Hall–Kier alpha value is -3.40. The maximum atomic E-state index is 12.2. The van der Waals surface area contributed by atoms with Gasteiger partial charge in [-0.25, -0.2) is 5.06 Å². The summed E-state index contributed by atoms with van der Waals surface area (Å²) in [5.74, 6) is 3.06. The molecule has 2 atom stereocenters. The maximum Gasteiger partial charge on any atom is 0.276 e. The summed E-state index contributed by atoms with van der Waals surface area (Å²) in [7, 11) is 1.44. The van der Waals surface area contributed by atoms with Crippen LogP contribution in [0.15, 0.2) is 24.3 Å². The molecule has 0 unspecified atom stereocenters. The molecular weight excluding hydrogens is 388 g/mol. The van der Waals surface area contributed by atoms with Crippen LogP contribution < -0.4 is 10.6 Å². The number of benzene rings is 1. The molecule has 4 N–H and O–H groups in total. The molecule has 3 amide bonds. The molecule has 0 heterocycles. The predicted octanol–water partition coefficient (Wildman–Crippen LogP) is 0.155. The van der Waals surface area contributed by atoms with Crippen LogP contribution in [-0.2, 0) is 14.4 Å². The Bertz CT molecular complexity index is 872. The lowest BCUT2D eigenvalue weighted by Gasteiger charge is -2.30. The van der Waals surface area contributed by atoms with Gasteiger partial charge in [0, 0.05) is 12.6 Å². The van der Waals surface area contributed by atoms with Crippen LogP contribution in [0.3, 0.4) is 0 Å². The Morgan fingerprint density at radius 1 is 1.17 bits per heavy atom. The van der Waals surface area contributed by atoms with Crippen LogP contribution in [0.2, 0.25) is 0 Å². The van der Waals surface area contributed by atoms with E-state index in [9.17, 15) is 24.7 Å². The molecule has 0 radical (unpaired) electrons. The Labute approximate surface area is 175 Å². The standard InChI is InChI=1S/C21H26N4O5/c1-21(2,3)18(19(28)23-4)24-17(27)12-16(26)20(29)25(30)11-5-6-14-7-9-15(13-22)10-8-14/h7-10,16,18,26,30H,11-12H2,1-4H3,(H,23,28)(H,24,27)/t16-,18+/m0/s1. The van der Waals surface area contributed by atoms with Crippen LogP contribution in [0.25, 0.3) is 0 Å². The zero-order valence-corrected chi connectivity index (χ0v) is 17.4. The molecule has 160 valence electrons. The van der Waals surface area contributed by atoms with Crippen molar-refractivity contribution in [3.05, 3.63) is 35.4 Å². The largest absolute Gasteiger partial charge is 0.383 e. The highest BCUT2D eigenvalue weighted by atomic mass is 16.5. The van der Waals surface area contributed by atoms with E-state index in [1.165, 1.54) is 7.05 Å². The number of amides is 3. The number of hydrogen-bond acceptors (Lipinski definition) is 6. The van der Waals surface area contributed by atoms with Crippen LogP contribution in [-0.4, -0.2) is 58.8 Å². The molecule has 0 aliphatic heterocycles. The minimum Gasteiger partial charge on any atom is -0.383 e. The van der Waals surface area contributed by atoms with E-state index in [0.29, 0.717) is 11.1 Å². The van der Waals surface area contributed by atoms with Crippen molar-refractivity contribution in [2.75, 3.05) is 13.6 Å². The van der Waals surface area contributed by atoms with E-state index < -0.39 is 41.7 Å². The molecule has 0 aliphatic carbocycles. The van der Waals surface area contributed by atoms with E-state index in [1.54, 1.807) is 45.0 Å². The average molecular weight is 414 g/mol. The highest BCUT2D eigenvalue weighted by molar-refractivity contribution is 5.91. The number of carbonyl (C=O) groups is 3. The third-order valence-electron chi connectivity index (χ3n) is 4.07. The Morgan fingerprint density at radius 3 is 2.23 bits per heavy atom. The number of hydroxylamine groups is 2. The lowest BCUT2D eigenvalue weighted by molar-refractivity contribution is -0.173. The summed E-state index contributed by atoms with van der Waals surface area (Å²) in [5, 5.41) is 33.6. The summed E-state index contributed by atoms with van der Waals surface area (Å²) in [5.41, 5.74) is 0.470. The minimum absolute atomic E-state index is 0.217. The monoisotopic (exact) mass is 414 g/mol. The van der Waals surface area contributed by atoms with Gasteiger partial charge in [-0.1, -0.05) is 32.6 Å². The van der Waals surface area contributed by atoms with E-state index in [4.69, 9.17) is 5.26 Å². The van der Waals surface area contributed by atoms with Crippen molar-refractivity contribution >= 4 is 17.7 Å². The first-order valence-corrected chi connectivity index (χ1v) is 9.18. The Balaban J connectivity index is 2.64. The van der Waals surface area contributed by atoms with E-state index in [-0.39, 0.29) is 11.6 Å². The van der Waals surface area contributed by atoms with Crippen LogP contribution in [0.5, 0.6) is 0 Å². The Kier molecular flexibility index (Phi) is 9.00. The maximum absolute atomic E-state index is 12.2. The molecule has 1 aromatic carbocycles. The van der Waals surface area contributed by atoms with Crippen molar-refractivity contribution < 1.29 is 24.7 Å². The normalized spacial score (nSPS) is 12.4. The van der Waals surface area contributed by atoms with Gasteiger partial charge in [0.05, 0.1) is 18.1 Å². The van der Waals surface area contributed by atoms with Crippen molar-refractivity contribution in [3.8, 4) is 17.9 Å². The summed E-state index contributed by atoms with van der Waals surface area (Å²) in [6.45, 7) is 4.89. The molecule has 0 aromatic heterocycles. The van der Waals surface area contributed by atoms with Crippen molar-refractivity contribution in [1.29, 1.82) is 5.26 Å². The molecule has 0 fully saturated rings. The molecule has 0 saturated heterocycles. The van der Waals surface area contributed by atoms with Gasteiger partial charge >= 0.3 is 0 Å². The van der Waals surface area contributed by atoms with Gasteiger partial charge < -0.3 is 15.7 Å².